The number of allylic oxidation sites excluding steroid dienone is 1. The van der Waals surface area contributed by atoms with Crippen molar-refractivity contribution in [1.29, 1.82) is 0 Å². The topological polar surface area (TPSA) is 66.4 Å². The van der Waals surface area contributed by atoms with Crippen molar-refractivity contribution in [1.82, 2.24) is 0 Å². The Balaban J connectivity index is 1.13. The van der Waals surface area contributed by atoms with Gasteiger partial charge in [-0.2, -0.15) is 0 Å². The number of nitrogens with one attached hydrogen (secondary N) is 1. The minimum atomic E-state index is -3.42. The average Bonchev–Trinajstić information content (AvgIpc) is 3.53. The van der Waals surface area contributed by atoms with Crippen LogP contribution in [0.15, 0.2) is 30.4 Å². The number of ketones is 1. The zero-order valence-corrected chi connectivity index (χ0v) is 15.4. The molecule has 0 saturated carbocycles. The number of carbonyl (C=O) groups is 2. The Labute approximate surface area is 140 Å². The van der Waals surface area contributed by atoms with Gasteiger partial charge in [-0.05, 0) is 0 Å². The van der Waals surface area contributed by atoms with Crippen LogP contribution in [0.25, 0.3) is 0 Å². The van der Waals surface area contributed by atoms with E-state index >= 15 is 0 Å². The zero-order chi connectivity index (χ0) is 17.3. The summed E-state index contributed by atoms with van der Waals surface area (Å²) in [5.41, 5.74) is 1.79. The normalized spacial score (nSPS) is 81.3. The number of rotatable bonds is 4. The van der Waals surface area contributed by atoms with Crippen LogP contribution in [0.1, 0.15) is 17.3 Å². The van der Waals surface area contributed by atoms with Crippen LogP contribution >= 0.6 is 0 Å². The molecule has 134 valence electrons. The summed E-state index contributed by atoms with van der Waals surface area (Å²) >= 11 is 0. The van der Waals surface area contributed by atoms with Crippen LogP contribution in [0.3, 0.4) is 0 Å². The number of amides is 1. The van der Waals surface area contributed by atoms with Crippen molar-refractivity contribution >= 4 is 17.4 Å². The van der Waals surface area contributed by atoms with E-state index in [0.29, 0.717) is 15.6 Å². The van der Waals surface area contributed by atoms with Crippen LogP contribution in [0.4, 0.5) is 5.69 Å². The molecule has 1 spiro atoms. The van der Waals surface area contributed by atoms with E-state index in [1.165, 1.54) is 13.0 Å². The van der Waals surface area contributed by atoms with Gasteiger partial charge < -0.3 is 0 Å². The molecule has 26 heavy (non-hydrogen) atoms. The van der Waals surface area contributed by atoms with Crippen molar-refractivity contribution in [3.8, 4) is 5.75 Å². The number of carbonyl (C=O) groups excluding carboxylic acids is 2. The predicted octanol–water partition coefficient (Wildman–Crippen LogP) is 4.85. The molecule has 1 aromatic rings. The van der Waals surface area contributed by atoms with Gasteiger partial charge in [0.15, 0.2) is 0 Å². The van der Waals surface area contributed by atoms with Crippen molar-refractivity contribution in [3.63, 3.8) is 0 Å². The summed E-state index contributed by atoms with van der Waals surface area (Å²) in [6.07, 6.45) is 0. The fourth-order valence-electron chi connectivity index (χ4n) is 18.4. The number of anilines is 1. The first-order chi connectivity index (χ1) is 12.2. The minimum absolute atomic E-state index is 0.0110. The maximum atomic E-state index is 13.5. The number of aromatic hydroxyl groups is 1. The number of hydrogen-bond acceptors (Lipinski definition) is 3. The van der Waals surface area contributed by atoms with E-state index in [1.807, 2.05) is 0 Å². The van der Waals surface area contributed by atoms with E-state index in [1.54, 1.807) is 12.1 Å². The van der Waals surface area contributed by atoms with E-state index in [9.17, 15) is 14.7 Å². The van der Waals surface area contributed by atoms with E-state index in [4.69, 9.17) is 0 Å². The summed E-state index contributed by atoms with van der Waals surface area (Å²) in [5, 5.41) is 13.1. The summed E-state index contributed by atoms with van der Waals surface area (Å²) in [4.78, 5) is 34.8. The first-order valence-electron chi connectivity index (χ1n) is 9.73. The third-order valence-corrected chi connectivity index (χ3v) is 59.4. The van der Waals surface area contributed by atoms with Gasteiger partial charge in [-0.25, -0.2) is 0 Å². The molecule has 10 aliphatic heterocycles. The molecule has 0 radical (unpaired) electrons. The number of hydrogen-bond donors (Lipinski definition) is 2. The van der Waals surface area contributed by atoms with Gasteiger partial charge in [-0.15, -0.1) is 0 Å². The monoisotopic (exact) mass is 389 g/mol. The van der Waals surface area contributed by atoms with Gasteiger partial charge in [-0.3, -0.25) is 0 Å². The van der Waals surface area contributed by atoms with Crippen LogP contribution in [0, 0.1) is 0 Å². The van der Waals surface area contributed by atoms with Crippen molar-refractivity contribution in [2.24, 2.45) is 0 Å². The van der Waals surface area contributed by atoms with Crippen molar-refractivity contribution in [2.45, 2.75) is 54.6 Å². The number of benzene rings is 1. The molecule has 1 aromatic carbocycles. The molecule has 0 aromatic heterocycles. The number of fused-ring (bicyclic) bond motifs is 10. The Morgan fingerprint density at radius 2 is 1.65 bits per heavy atom. The second-order valence-electron chi connectivity index (χ2n) is 12.9. The molecule has 4 nitrogen and oxygen atoms in total. The molecular weight excluding hydrogens is 370 g/mol. The second-order valence-corrected chi connectivity index (χ2v) is 36.5. The molecule has 4 atom stereocenters. The molecule has 11 rings (SSSR count). The molecular formula is C21H19FeNO3. The van der Waals surface area contributed by atoms with Gasteiger partial charge >= 0.3 is 140 Å². The fraction of sp³-hybridized carbons (Fsp3) is 0.524. The van der Waals surface area contributed by atoms with Crippen LogP contribution in [0.5, 0.6) is 5.75 Å². The molecule has 10 saturated heterocycles. The van der Waals surface area contributed by atoms with Crippen molar-refractivity contribution < 1.29 is 21.2 Å². The van der Waals surface area contributed by atoms with Crippen LogP contribution in [-0.2, 0) is 11.3 Å². The van der Waals surface area contributed by atoms with E-state index in [2.05, 4.69) is 11.9 Å². The summed E-state index contributed by atoms with van der Waals surface area (Å²) in [7, 11) is 0. The second kappa shape index (κ2) is 1.22. The Bertz CT molecular complexity index is 1450. The third-order valence-electron chi connectivity index (χ3n) is 17.0. The quantitative estimate of drug-likeness (QED) is 0.335. The fourth-order valence-corrected chi connectivity index (χ4v) is 92.6. The molecule has 10 fully saturated rings. The SMILES string of the molecule is C=C(C(=O)c1cc(NC(C)=O)ccc1O)[C]12[CH]3[CH]4[CH]5[CH]1[Fe]45321678[CH]2[CH]1[CH]6[CH]7[CH]28. The summed E-state index contributed by atoms with van der Waals surface area (Å²) in [6.45, 7) is 2.47. The molecule has 0 aliphatic carbocycles. The van der Waals surface area contributed by atoms with E-state index in [0.717, 1.165) is 48.9 Å². The van der Waals surface area contributed by atoms with Gasteiger partial charge in [0.1, 0.15) is 0 Å². The summed E-state index contributed by atoms with van der Waals surface area (Å²) in [6, 6.07) is 4.79. The molecule has 0 bridgehead atoms. The van der Waals surface area contributed by atoms with Crippen LogP contribution in [-0.4, -0.2) is 16.8 Å². The zero-order valence-electron chi connectivity index (χ0n) is 14.3. The van der Waals surface area contributed by atoms with Crippen molar-refractivity contribution in [3.05, 3.63) is 35.9 Å². The Hall–Kier alpha value is -1.58. The molecule has 10 aliphatic rings. The number of phenolic OH excluding ortho intramolecular Hbond substituents is 1. The molecule has 2 N–H and O–H groups in total. The van der Waals surface area contributed by atoms with Gasteiger partial charge in [0.05, 0.1) is 0 Å². The van der Waals surface area contributed by atoms with Gasteiger partial charge in [0.2, 0.25) is 0 Å². The van der Waals surface area contributed by atoms with Crippen LogP contribution in [0.2, 0.25) is 47.7 Å². The summed E-state index contributed by atoms with van der Waals surface area (Å²) < 4.78 is 0.312. The third kappa shape index (κ3) is 0.175. The van der Waals surface area contributed by atoms with Crippen LogP contribution < -0.4 is 5.32 Å². The van der Waals surface area contributed by atoms with Gasteiger partial charge in [0.25, 0.3) is 0 Å². The Morgan fingerprint density at radius 1 is 1.08 bits per heavy atom. The van der Waals surface area contributed by atoms with Crippen molar-refractivity contribution in [2.75, 3.05) is 5.32 Å². The predicted molar refractivity (Wildman–Crippen MR) is 92.3 cm³/mol. The molecule has 4 unspecified atom stereocenters. The van der Waals surface area contributed by atoms with E-state index in [-0.39, 0.29) is 17.4 Å². The van der Waals surface area contributed by atoms with E-state index < -0.39 is 6.51 Å². The number of phenols is 1. The molecule has 10 heterocycles. The maximum absolute atomic E-state index is 13.5. The Morgan fingerprint density at radius 3 is 2.08 bits per heavy atom. The molecule has 1 amide bonds. The standard InChI is InChI=1S/C16H14NO3.C5H5.Fe/c1-10(12-5-3-4-6-12)16(20)14-9-13(17-11(2)18)7-8-15(14)19;1-2-4-5-3-1;/h3-9,19H,1H2,2H3,(H,17,18);1-5H;. The Kier molecular flexibility index (Phi) is 0.528. The summed E-state index contributed by atoms with van der Waals surface area (Å²) in [5.74, 6) is -0.205. The van der Waals surface area contributed by atoms with Gasteiger partial charge in [-0.1, -0.05) is 0 Å². The average molecular weight is 389 g/mol. The first kappa shape index (κ1) is 11.3. The first-order valence-corrected chi connectivity index (χ1v) is 16.0. The number of Topliss-reactive ketones (excluding diaryl/α,β-unsaturated/α-hetero) is 1. The molecule has 5 heteroatoms. The van der Waals surface area contributed by atoms with Gasteiger partial charge in [0, 0.05) is 0 Å².